The first-order valence-electron chi connectivity index (χ1n) is 4.83. The van der Waals surface area contributed by atoms with E-state index < -0.39 is 22.0 Å². The van der Waals surface area contributed by atoms with E-state index in [0.29, 0.717) is 5.56 Å². The number of hydrogen-bond acceptors (Lipinski definition) is 5. The molecule has 2 aromatic rings. The van der Waals surface area contributed by atoms with Crippen LogP contribution in [-0.4, -0.2) is 10.0 Å². The second kappa shape index (κ2) is 3.58. The van der Waals surface area contributed by atoms with Crippen LogP contribution in [0.5, 0.6) is 5.75 Å². The molecule has 0 amide bonds. The summed E-state index contributed by atoms with van der Waals surface area (Å²) in [6, 6.07) is 3.29. The molecule has 17 heavy (non-hydrogen) atoms. The highest BCUT2D eigenvalue weighted by Gasteiger charge is 2.25. The lowest BCUT2D eigenvalue weighted by atomic mass is 10.1. The van der Waals surface area contributed by atoms with Crippen molar-refractivity contribution in [1.29, 1.82) is 0 Å². The molecule has 0 fully saturated rings. The number of hydrogen-bond donors (Lipinski definition) is 1. The zero-order valence-corrected chi connectivity index (χ0v) is 9.18. The van der Waals surface area contributed by atoms with Crippen LogP contribution < -0.4 is 5.63 Å². The standard InChI is InChI=1S/C11H9NO5/c1-5-3-6(2)8-7(4-5)17-11(14)9(10(8)13)12(15)16/h3-4,13H,1-2H3. The van der Waals surface area contributed by atoms with Crippen LogP contribution in [0.3, 0.4) is 0 Å². The fraction of sp³-hybridized carbons (Fsp3) is 0.182. The Morgan fingerprint density at radius 1 is 1.35 bits per heavy atom. The zero-order chi connectivity index (χ0) is 12.7. The molecule has 0 atom stereocenters. The van der Waals surface area contributed by atoms with Gasteiger partial charge in [-0.05, 0) is 31.0 Å². The van der Waals surface area contributed by atoms with E-state index in [1.54, 1.807) is 26.0 Å². The predicted octanol–water partition coefficient (Wildman–Crippen LogP) is 2.02. The lowest BCUT2D eigenvalue weighted by Crippen LogP contribution is -2.07. The van der Waals surface area contributed by atoms with Crippen LogP contribution >= 0.6 is 0 Å². The highest BCUT2D eigenvalue weighted by molar-refractivity contribution is 5.89. The van der Waals surface area contributed by atoms with Crippen molar-refractivity contribution >= 4 is 16.7 Å². The van der Waals surface area contributed by atoms with E-state index in [9.17, 15) is 20.0 Å². The van der Waals surface area contributed by atoms with Gasteiger partial charge in [0.2, 0.25) is 5.75 Å². The fourth-order valence-corrected chi connectivity index (χ4v) is 1.84. The number of benzene rings is 1. The maximum absolute atomic E-state index is 11.3. The summed E-state index contributed by atoms with van der Waals surface area (Å²) in [4.78, 5) is 21.1. The lowest BCUT2D eigenvalue weighted by molar-refractivity contribution is -0.388. The molecule has 6 nitrogen and oxygen atoms in total. The summed E-state index contributed by atoms with van der Waals surface area (Å²) in [5.74, 6) is -0.640. The minimum Gasteiger partial charge on any atom is -0.501 e. The van der Waals surface area contributed by atoms with E-state index in [0.717, 1.165) is 5.56 Å². The van der Waals surface area contributed by atoms with Gasteiger partial charge in [0.05, 0.1) is 10.3 Å². The average Bonchev–Trinajstić information content (AvgIpc) is 2.13. The van der Waals surface area contributed by atoms with Gasteiger partial charge < -0.3 is 9.52 Å². The molecule has 1 heterocycles. The van der Waals surface area contributed by atoms with E-state index in [-0.39, 0.29) is 11.0 Å². The Bertz CT molecular complexity index is 686. The molecule has 6 heteroatoms. The second-order valence-electron chi connectivity index (χ2n) is 3.80. The van der Waals surface area contributed by atoms with Crippen molar-refractivity contribution in [3.05, 3.63) is 43.8 Å². The largest absolute Gasteiger partial charge is 0.501 e. The van der Waals surface area contributed by atoms with Crippen molar-refractivity contribution in [2.24, 2.45) is 0 Å². The van der Waals surface area contributed by atoms with Gasteiger partial charge in [-0.1, -0.05) is 6.07 Å². The van der Waals surface area contributed by atoms with Gasteiger partial charge in [-0.2, -0.15) is 0 Å². The molecule has 1 aromatic heterocycles. The highest BCUT2D eigenvalue weighted by atomic mass is 16.6. The molecule has 88 valence electrons. The Hall–Kier alpha value is -2.37. The van der Waals surface area contributed by atoms with Crippen LogP contribution in [-0.2, 0) is 0 Å². The Morgan fingerprint density at radius 3 is 2.59 bits per heavy atom. The molecule has 0 spiro atoms. The summed E-state index contributed by atoms with van der Waals surface area (Å²) in [7, 11) is 0. The smallest absolute Gasteiger partial charge is 0.419 e. The van der Waals surface area contributed by atoms with Crippen molar-refractivity contribution < 1.29 is 14.4 Å². The quantitative estimate of drug-likeness (QED) is 0.463. The maximum atomic E-state index is 11.3. The summed E-state index contributed by atoms with van der Waals surface area (Å²) < 4.78 is 4.84. The van der Waals surface area contributed by atoms with Crippen molar-refractivity contribution in [2.45, 2.75) is 13.8 Å². The Morgan fingerprint density at radius 2 is 2.00 bits per heavy atom. The van der Waals surface area contributed by atoms with Gasteiger partial charge >= 0.3 is 11.3 Å². The Labute approximate surface area is 95.3 Å². The first-order valence-corrected chi connectivity index (χ1v) is 4.83. The third-order valence-electron chi connectivity index (χ3n) is 2.48. The number of nitrogens with zero attached hydrogens (tertiary/aromatic N) is 1. The maximum Gasteiger partial charge on any atom is 0.419 e. The fourth-order valence-electron chi connectivity index (χ4n) is 1.84. The molecular weight excluding hydrogens is 226 g/mol. The van der Waals surface area contributed by atoms with Gasteiger partial charge in [-0.3, -0.25) is 10.1 Å². The number of nitro groups is 1. The predicted molar refractivity (Wildman–Crippen MR) is 60.3 cm³/mol. The van der Waals surface area contributed by atoms with Crippen molar-refractivity contribution in [2.75, 3.05) is 0 Å². The minimum atomic E-state index is -1.15. The topological polar surface area (TPSA) is 93.6 Å². The van der Waals surface area contributed by atoms with Crippen molar-refractivity contribution in [3.8, 4) is 5.75 Å². The summed E-state index contributed by atoms with van der Waals surface area (Å²) in [5.41, 5.74) is -0.471. The second-order valence-corrected chi connectivity index (χ2v) is 3.80. The monoisotopic (exact) mass is 235 g/mol. The molecule has 0 aliphatic rings. The molecule has 2 rings (SSSR count). The average molecular weight is 235 g/mol. The highest BCUT2D eigenvalue weighted by Crippen LogP contribution is 2.33. The lowest BCUT2D eigenvalue weighted by Gasteiger charge is -2.04. The summed E-state index contributed by atoms with van der Waals surface area (Å²) in [6.45, 7) is 3.48. The summed E-state index contributed by atoms with van der Waals surface area (Å²) in [5, 5.41) is 20.6. The number of fused-ring (bicyclic) bond motifs is 1. The van der Waals surface area contributed by atoms with E-state index in [4.69, 9.17) is 4.42 Å². The zero-order valence-electron chi connectivity index (χ0n) is 9.18. The third-order valence-corrected chi connectivity index (χ3v) is 2.48. The molecule has 1 aromatic carbocycles. The van der Waals surface area contributed by atoms with Crippen LogP contribution in [0.25, 0.3) is 11.0 Å². The molecule has 1 N–H and O–H groups in total. The van der Waals surface area contributed by atoms with Crippen LogP contribution in [0.2, 0.25) is 0 Å². The first-order chi connectivity index (χ1) is 7.91. The molecular formula is C11H9NO5. The van der Waals surface area contributed by atoms with E-state index in [2.05, 4.69) is 0 Å². The van der Waals surface area contributed by atoms with Crippen molar-refractivity contribution in [1.82, 2.24) is 0 Å². The summed E-state index contributed by atoms with van der Waals surface area (Å²) >= 11 is 0. The molecule has 0 aliphatic heterocycles. The van der Waals surface area contributed by atoms with Gasteiger partial charge in [0.25, 0.3) is 0 Å². The number of aromatic hydroxyl groups is 1. The molecule has 0 unspecified atom stereocenters. The van der Waals surface area contributed by atoms with Crippen LogP contribution in [0, 0.1) is 24.0 Å². The molecule has 0 aliphatic carbocycles. The minimum absolute atomic E-state index is 0.149. The van der Waals surface area contributed by atoms with Crippen LogP contribution in [0.1, 0.15) is 11.1 Å². The SMILES string of the molecule is Cc1cc(C)c2c(O)c([N+](=O)[O-])c(=O)oc2c1. The molecule has 0 saturated carbocycles. The normalized spacial score (nSPS) is 10.7. The van der Waals surface area contributed by atoms with Gasteiger partial charge in [0.1, 0.15) is 5.58 Å². The van der Waals surface area contributed by atoms with Gasteiger partial charge in [-0.25, -0.2) is 4.79 Å². The summed E-state index contributed by atoms with van der Waals surface area (Å²) in [6.07, 6.45) is 0. The molecule has 0 saturated heterocycles. The van der Waals surface area contributed by atoms with Gasteiger partial charge in [0.15, 0.2) is 0 Å². The van der Waals surface area contributed by atoms with Gasteiger partial charge in [-0.15, -0.1) is 0 Å². The Kier molecular flexibility index (Phi) is 2.35. The van der Waals surface area contributed by atoms with Crippen LogP contribution in [0.4, 0.5) is 5.69 Å². The third kappa shape index (κ3) is 1.63. The molecule has 0 radical (unpaired) electrons. The van der Waals surface area contributed by atoms with E-state index in [1.807, 2.05) is 0 Å². The first kappa shape index (κ1) is 11.1. The van der Waals surface area contributed by atoms with E-state index in [1.165, 1.54) is 0 Å². The van der Waals surface area contributed by atoms with Crippen LogP contribution in [0.15, 0.2) is 21.3 Å². The van der Waals surface area contributed by atoms with E-state index >= 15 is 0 Å². The van der Waals surface area contributed by atoms with Crippen molar-refractivity contribution in [3.63, 3.8) is 0 Å². The Balaban J connectivity index is 3.03. The number of aryl methyl sites for hydroxylation is 2. The molecule has 0 bridgehead atoms. The van der Waals surface area contributed by atoms with Gasteiger partial charge in [0, 0.05) is 0 Å². The number of rotatable bonds is 1.